The summed E-state index contributed by atoms with van der Waals surface area (Å²) in [6.45, 7) is 0. The number of anilines is 1. The Balaban J connectivity index is 2.13. The largest absolute Gasteiger partial charge is 0.321 e. The number of pyridine rings is 1. The van der Waals surface area contributed by atoms with Crippen molar-refractivity contribution in [2.45, 2.75) is 5.03 Å². The van der Waals surface area contributed by atoms with Crippen molar-refractivity contribution in [2.75, 3.05) is 11.6 Å². The van der Waals surface area contributed by atoms with E-state index in [9.17, 15) is 23.3 Å². The summed E-state index contributed by atoms with van der Waals surface area (Å²) in [5.41, 5.74) is 0.435. The van der Waals surface area contributed by atoms with Crippen LogP contribution in [0, 0.1) is 10.1 Å². The smallest absolute Gasteiger partial charge is 0.269 e. The van der Waals surface area contributed by atoms with E-state index in [-0.39, 0.29) is 16.3 Å². The van der Waals surface area contributed by atoms with Gasteiger partial charge in [0.1, 0.15) is 0 Å². The predicted molar refractivity (Wildman–Crippen MR) is 78.4 cm³/mol. The van der Waals surface area contributed by atoms with E-state index in [1.807, 2.05) is 0 Å². The number of hydrogen-bond acceptors (Lipinski definition) is 6. The molecule has 0 unspecified atom stereocenters. The molecule has 22 heavy (non-hydrogen) atoms. The second kappa shape index (κ2) is 5.90. The van der Waals surface area contributed by atoms with Gasteiger partial charge in [-0.05, 0) is 24.3 Å². The van der Waals surface area contributed by atoms with Crippen LogP contribution in [0.25, 0.3) is 0 Å². The highest BCUT2D eigenvalue weighted by Gasteiger charge is 2.11. The van der Waals surface area contributed by atoms with Crippen molar-refractivity contribution in [2.24, 2.45) is 0 Å². The summed E-state index contributed by atoms with van der Waals surface area (Å²) in [6, 6.07) is 7.78. The molecule has 0 bridgehead atoms. The molecule has 2 rings (SSSR count). The van der Waals surface area contributed by atoms with Gasteiger partial charge in [0, 0.05) is 24.0 Å². The van der Waals surface area contributed by atoms with Crippen molar-refractivity contribution >= 4 is 27.1 Å². The summed E-state index contributed by atoms with van der Waals surface area (Å²) in [5.74, 6) is -0.483. The number of nitro benzene ring substituents is 1. The zero-order chi connectivity index (χ0) is 16.3. The van der Waals surface area contributed by atoms with E-state index in [0.29, 0.717) is 5.69 Å². The number of benzene rings is 1. The second-order valence-electron chi connectivity index (χ2n) is 4.42. The maximum atomic E-state index is 12.0. The summed E-state index contributed by atoms with van der Waals surface area (Å²) >= 11 is 0. The Kier molecular flexibility index (Phi) is 4.18. The minimum atomic E-state index is -3.40. The number of carbonyl (C=O) groups is 1. The van der Waals surface area contributed by atoms with Crippen LogP contribution in [0.15, 0.2) is 47.6 Å². The summed E-state index contributed by atoms with van der Waals surface area (Å²) in [6.07, 6.45) is 2.25. The normalized spacial score (nSPS) is 11.0. The molecule has 114 valence electrons. The minimum Gasteiger partial charge on any atom is -0.321 e. The molecule has 0 aliphatic heterocycles. The van der Waals surface area contributed by atoms with Crippen LogP contribution < -0.4 is 5.32 Å². The molecule has 8 nitrogen and oxygen atoms in total. The van der Waals surface area contributed by atoms with Crippen LogP contribution in [-0.2, 0) is 9.84 Å². The maximum Gasteiger partial charge on any atom is 0.269 e. The summed E-state index contributed by atoms with van der Waals surface area (Å²) < 4.78 is 22.5. The van der Waals surface area contributed by atoms with E-state index >= 15 is 0 Å². The van der Waals surface area contributed by atoms with Crippen LogP contribution in [0.2, 0.25) is 0 Å². The van der Waals surface area contributed by atoms with Crippen LogP contribution in [0.3, 0.4) is 0 Å². The highest BCUT2D eigenvalue weighted by atomic mass is 32.2. The fraction of sp³-hybridized carbons (Fsp3) is 0.0769. The van der Waals surface area contributed by atoms with Crippen LogP contribution in [0.1, 0.15) is 10.4 Å². The van der Waals surface area contributed by atoms with Crippen molar-refractivity contribution < 1.29 is 18.1 Å². The predicted octanol–water partition coefficient (Wildman–Crippen LogP) is 1.65. The van der Waals surface area contributed by atoms with Gasteiger partial charge in [-0.1, -0.05) is 0 Å². The number of aromatic nitrogens is 1. The Morgan fingerprint density at radius 1 is 1.18 bits per heavy atom. The molecule has 1 amide bonds. The van der Waals surface area contributed by atoms with E-state index in [1.165, 1.54) is 42.6 Å². The van der Waals surface area contributed by atoms with E-state index in [4.69, 9.17) is 0 Å². The molecular formula is C13H11N3O5S. The van der Waals surface area contributed by atoms with Gasteiger partial charge in [0.15, 0.2) is 14.9 Å². The molecule has 1 aromatic heterocycles. The van der Waals surface area contributed by atoms with Gasteiger partial charge < -0.3 is 5.32 Å². The lowest BCUT2D eigenvalue weighted by atomic mass is 10.2. The molecule has 0 radical (unpaired) electrons. The monoisotopic (exact) mass is 321 g/mol. The van der Waals surface area contributed by atoms with Gasteiger partial charge in [-0.25, -0.2) is 13.4 Å². The fourth-order valence-electron chi connectivity index (χ4n) is 1.61. The van der Waals surface area contributed by atoms with Crippen molar-refractivity contribution in [1.29, 1.82) is 0 Å². The van der Waals surface area contributed by atoms with Crippen LogP contribution >= 0.6 is 0 Å². The van der Waals surface area contributed by atoms with Crippen LogP contribution in [0.4, 0.5) is 11.4 Å². The topological polar surface area (TPSA) is 119 Å². The highest BCUT2D eigenvalue weighted by molar-refractivity contribution is 7.90. The third-order valence-electron chi connectivity index (χ3n) is 2.71. The Morgan fingerprint density at radius 2 is 1.82 bits per heavy atom. The average Bonchev–Trinajstić information content (AvgIpc) is 2.47. The lowest BCUT2D eigenvalue weighted by Gasteiger charge is -2.05. The highest BCUT2D eigenvalue weighted by Crippen LogP contribution is 2.14. The third kappa shape index (κ3) is 3.64. The van der Waals surface area contributed by atoms with E-state index < -0.39 is 20.7 Å². The van der Waals surface area contributed by atoms with Gasteiger partial charge >= 0.3 is 0 Å². The molecule has 0 saturated carbocycles. The molecule has 1 aromatic carbocycles. The van der Waals surface area contributed by atoms with Crippen LogP contribution in [0.5, 0.6) is 0 Å². The zero-order valence-corrected chi connectivity index (χ0v) is 12.2. The SMILES string of the molecule is CS(=O)(=O)c1ccc(NC(=O)c2ccc([N+](=O)[O-])cc2)cn1. The van der Waals surface area contributed by atoms with Gasteiger partial charge in [-0.2, -0.15) is 0 Å². The molecule has 9 heteroatoms. The van der Waals surface area contributed by atoms with Gasteiger partial charge in [0.05, 0.1) is 16.8 Å². The number of nitrogens with one attached hydrogen (secondary N) is 1. The van der Waals surface area contributed by atoms with E-state index in [0.717, 1.165) is 6.26 Å². The van der Waals surface area contributed by atoms with Crippen molar-refractivity contribution in [1.82, 2.24) is 4.98 Å². The lowest BCUT2D eigenvalue weighted by Crippen LogP contribution is -2.12. The van der Waals surface area contributed by atoms with Gasteiger partial charge in [-0.15, -0.1) is 0 Å². The number of nitro groups is 1. The van der Waals surface area contributed by atoms with Gasteiger partial charge in [-0.3, -0.25) is 14.9 Å². The standard InChI is InChI=1S/C13H11N3O5S/c1-22(20,21)12-7-4-10(8-14-12)15-13(17)9-2-5-11(6-3-9)16(18)19/h2-8H,1H3,(H,15,17). The van der Waals surface area contributed by atoms with E-state index in [1.54, 1.807) is 0 Å². The maximum absolute atomic E-state index is 12.0. The zero-order valence-electron chi connectivity index (χ0n) is 11.4. The fourth-order valence-corrected chi connectivity index (χ4v) is 2.17. The Bertz CT molecular complexity index is 814. The number of sulfone groups is 1. The molecular weight excluding hydrogens is 310 g/mol. The molecule has 0 fully saturated rings. The van der Waals surface area contributed by atoms with Crippen molar-refractivity contribution in [3.8, 4) is 0 Å². The molecule has 0 saturated heterocycles. The number of amides is 1. The average molecular weight is 321 g/mol. The Hall–Kier alpha value is -2.81. The summed E-state index contributed by atoms with van der Waals surface area (Å²) in [5, 5.41) is 13.0. The minimum absolute atomic E-state index is 0.0964. The number of carbonyl (C=O) groups excluding carboxylic acids is 1. The lowest BCUT2D eigenvalue weighted by molar-refractivity contribution is -0.384. The van der Waals surface area contributed by atoms with Crippen molar-refractivity contribution in [3.05, 3.63) is 58.3 Å². The summed E-state index contributed by atoms with van der Waals surface area (Å²) in [7, 11) is -3.40. The van der Waals surface area contributed by atoms with Crippen molar-refractivity contribution in [3.63, 3.8) is 0 Å². The molecule has 0 spiro atoms. The first-order valence-electron chi connectivity index (χ1n) is 5.99. The quantitative estimate of drug-likeness (QED) is 0.675. The van der Waals surface area contributed by atoms with Gasteiger partial charge in [0.25, 0.3) is 11.6 Å². The first-order chi connectivity index (χ1) is 10.3. The molecule has 0 atom stereocenters. The third-order valence-corrected chi connectivity index (χ3v) is 3.72. The first kappa shape index (κ1) is 15.6. The molecule has 0 aliphatic rings. The number of hydrogen-bond donors (Lipinski definition) is 1. The molecule has 0 aliphatic carbocycles. The Labute approximate surface area is 125 Å². The number of rotatable bonds is 4. The molecule has 2 aromatic rings. The van der Waals surface area contributed by atoms with E-state index in [2.05, 4.69) is 10.3 Å². The Morgan fingerprint density at radius 3 is 2.27 bits per heavy atom. The number of nitrogens with zero attached hydrogens (tertiary/aromatic N) is 2. The van der Waals surface area contributed by atoms with Gasteiger partial charge in [0.2, 0.25) is 0 Å². The van der Waals surface area contributed by atoms with Crippen LogP contribution in [-0.4, -0.2) is 30.5 Å². The summed E-state index contributed by atoms with van der Waals surface area (Å²) in [4.78, 5) is 25.7. The first-order valence-corrected chi connectivity index (χ1v) is 7.88. The molecule has 1 heterocycles. The number of non-ortho nitro benzene ring substituents is 1. The second-order valence-corrected chi connectivity index (χ2v) is 6.38. The molecule has 1 N–H and O–H groups in total.